The molecule has 1 aliphatic heterocycles. The van der Waals surface area contributed by atoms with Gasteiger partial charge in [0.05, 0.1) is 17.6 Å². The molecule has 1 aromatic heterocycles. The minimum absolute atomic E-state index is 0.0698. The number of rotatable bonds is 6. The second-order valence-electron chi connectivity index (χ2n) is 10.6. The fourth-order valence-electron chi connectivity index (χ4n) is 4.49. The smallest absolute Gasteiger partial charge is 0.408 e. The molecule has 4 rings (SSSR count). The third kappa shape index (κ3) is 6.90. The molecular weight excluding hydrogens is 468 g/mol. The molecule has 8 nitrogen and oxygen atoms in total. The molecule has 1 aliphatic rings. The van der Waals surface area contributed by atoms with Crippen LogP contribution >= 0.6 is 0 Å². The Morgan fingerprint density at radius 1 is 1.11 bits per heavy atom. The number of aromatic nitrogens is 1. The van der Waals surface area contributed by atoms with E-state index in [9.17, 15) is 9.59 Å². The maximum absolute atomic E-state index is 12.5. The van der Waals surface area contributed by atoms with Gasteiger partial charge in [-0.2, -0.15) is 0 Å². The fourth-order valence-corrected chi connectivity index (χ4v) is 4.49. The Morgan fingerprint density at radius 2 is 1.86 bits per heavy atom. The van der Waals surface area contributed by atoms with Crippen LogP contribution in [0.25, 0.3) is 10.9 Å². The number of hydrogen-bond acceptors (Lipinski definition) is 6. The van der Waals surface area contributed by atoms with Crippen molar-refractivity contribution in [2.75, 3.05) is 18.0 Å². The summed E-state index contributed by atoms with van der Waals surface area (Å²) in [6.45, 7) is 11.0. The number of amides is 2. The quantitative estimate of drug-likeness (QED) is 0.452. The third-order valence-corrected chi connectivity index (χ3v) is 6.28. The van der Waals surface area contributed by atoms with Crippen LogP contribution in [0.5, 0.6) is 0 Å². The SMILES string of the molecule is Cc1cccc2cc([C@H](C)NC(=O)OC(C)(C)C)c(N3CC[C@H](NC(=O)OCc4ccccc4)C3)nc12. The number of nitrogens with zero attached hydrogens (tertiary/aromatic N) is 2. The highest BCUT2D eigenvalue weighted by molar-refractivity contribution is 5.85. The molecule has 2 amide bonds. The van der Waals surface area contributed by atoms with Crippen LogP contribution in [0.15, 0.2) is 54.6 Å². The van der Waals surface area contributed by atoms with E-state index in [0.717, 1.165) is 46.4 Å². The van der Waals surface area contributed by atoms with Crippen LogP contribution in [0.3, 0.4) is 0 Å². The average Bonchev–Trinajstić information content (AvgIpc) is 3.30. The molecule has 0 radical (unpaired) electrons. The molecule has 37 heavy (non-hydrogen) atoms. The second kappa shape index (κ2) is 11.1. The monoisotopic (exact) mass is 504 g/mol. The van der Waals surface area contributed by atoms with E-state index < -0.39 is 17.8 Å². The van der Waals surface area contributed by atoms with E-state index in [4.69, 9.17) is 14.5 Å². The Hall–Kier alpha value is -3.81. The molecule has 0 unspecified atom stereocenters. The van der Waals surface area contributed by atoms with Gasteiger partial charge in [-0.15, -0.1) is 0 Å². The highest BCUT2D eigenvalue weighted by Gasteiger charge is 2.29. The molecule has 2 heterocycles. The molecular formula is C29H36N4O4. The molecule has 2 aromatic carbocycles. The van der Waals surface area contributed by atoms with Gasteiger partial charge in [0.15, 0.2) is 0 Å². The van der Waals surface area contributed by atoms with E-state index in [0.29, 0.717) is 6.54 Å². The minimum atomic E-state index is -0.589. The Balaban J connectivity index is 1.49. The summed E-state index contributed by atoms with van der Waals surface area (Å²) in [5, 5.41) is 6.95. The topological polar surface area (TPSA) is 92.8 Å². The number of aryl methyl sites for hydroxylation is 1. The van der Waals surface area contributed by atoms with Crippen LogP contribution in [0.4, 0.5) is 15.4 Å². The van der Waals surface area contributed by atoms with E-state index >= 15 is 0 Å². The molecule has 8 heteroatoms. The molecule has 2 atom stereocenters. The van der Waals surface area contributed by atoms with Crippen molar-refractivity contribution in [1.82, 2.24) is 15.6 Å². The number of para-hydroxylation sites is 1. The van der Waals surface area contributed by atoms with Gasteiger partial charge in [-0.3, -0.25) is 0 Å². The number of hydrogen-bond donors (Lipinski definition) is 2. The number of carbonyl (C=O) groups is 2. The first-order valence-electron chi connectivity index (χ1n) is 12.7. The van der Waals surface area contributed by atoms with Gasteiger partial charge in [0.2, 0.25) is 0 Å². The number of pyridine rings is 1. The molecule has 0 saturated carbocycles. The molecule has 0 spiro atoms. The van der Waals surface area contributed by atoms with Crippen molar-refractivity contribution in [3.63, 3.8) is 0 Å². The lowest BCUT2D eigenvalue weighted by Crippen LogP contribution is -2.38. The number of anilines is 1. The van der Waals surface area contributed by atoms with Crippen LogP contribution < -0.4 is 15.5 Å². The molecule has 0 aliphatic carbocycles. The largest absolute Gasteiger partial charge is 0.445 e. The van der Waals surface area contributed by atoms with Gasteiger partial charge < -0.3 is 25.0 Å². The summed E-state index contributed by atoms with van der Waals surface area (Å²) >= 11 is 0. The Labute approximate surface area is 218 Å². The fraction of sp³-hybridized carbons (Fsp3) is 0.414. The first kappa shape index (κ1) is 26.3. The zero-order valence-corrected chi connectivity index (χ0v) is 22.2. The average molecular weight is 505 g/mol. The van der Waals surface area contributed by atoms with Gasteiger partial charge in [-0.1, -0.05) is 48.5 Å². The number of ether oxygens (including phenoxy) is 2. The van der Waals surface area contributed by atoms with Crippen molar-refractivity contribution in [2.45, 2.75) is 65.3 Å². The first-order valence-corrected chi connectivity index (χ1v) is 12.7. The molecule has 3 aromatic rings. The van der Waals surface area contributed by atoms with Gasteiger partial charge in [0, 0.05) is 24.0 Å². The first-order chi connectivity index (χ1) is 17.6. The van der Waals surface area contributed by atoms with Crippen LogP contribution in [0.1, 0.15) is 56.8 Å². The lowest BCUT2D eigenvalue weighted by atomic mass is 10.0. The highest BCUT2D eigenvalue weighted by Crippen LogP contribution is 2.32. The van der Waals surface area contributed by atoms with Gasteiger partial charge in [-0.25, -0.2) is 14.6 Å². The Bertz CT molecular complexity index is 1260. The summed E-state index contributed by atoms with van der Waals surface area (Å²) in [4.78, 5) is 32.1. The summed E-state index contributed by atoms with van der Waals surface area (Å²) in [5.74, 6) is 0.798. The summed E-state index contributed by atoms with van der Waals surface area (Å²) in [7, 11) is 0. The van der Waals surface area contributed by atoms with Gasteiger partial charge in [0.25, 0.3) is 0 Å². The third-order valence-electron chi connectivity index (χ3n) is 6.28. The van der Waals surface area contributed by atoms with Crippen molar-refractivity contribution in [1.29, 1.82) is 0 Å². The van der Waals surface area contributed by atoms with Crippen molar-refractivity contribution in [3.8, 4) is 0 Å². The number of nitrogens with one attached hydrogen (secondary N) is 2. The predicted molar refractivity (Wildman–Crippen MR) is 145 cm³/mol. The Kier molecular flexibility index (Phi) is 7.86. The van der Waals surface area contributed by atoms with E-state index in [2.05, 4.69) is 21.6 Å². The Morgan fingerprint density at radius 3 is 2.59 bits per heavy atom. The van der Waals surface area contributed by atoms with Crippen LogP contribution in [-0.2, 0) is 16.1 Å². The number of fused-ring (bicyclic) bond motifs is 1. The maximum Gasteiger partial charge on any atom is 0.408 e. The lowest BCUT2D eigenvalue weighted by Gasteiger charge is -2.26. The number of alkyl carbamates (subject to hydrolysis) is 2. The van der Waals surface area contributed by atoms with E-state index in [1.165, 1.54) is 0 Å². The lowest BCUT2D eigenvalue weighted by molar-refractivity contribution is 0.0508. The molecule has 0 bridgehead atoms. The standard InChI is InChI=1S/C29H36N4O4/c1-19-10-9-13-22-16-24(20(2)30-28(35)37-29(3,4)5)26(32-25(19)22)33-15-14-23(17-33)31-27(34)36-18-21-11-7-6-8-12-21/h6-13,16,20,23H,14-15,17-18H2,1-5H3,(H,30,35)(H,31,34)/t20-,23-/m0/s1. The summed E-state index contributed by atoms with van der Waals surface area (Å²) < 4.78 is 10.9. The van der Waals surface area contributed by atoms with Crippen LogP contribution in [0.2, 0.25) is 0 Å². The molecule has 2 N–H and O–H groups in total. The van der Waals surface area contributed by atoms with Crippen molar-refractivity contribution < 1.29 is 19.1 Å². The maximum atomic E-state index is 12.5. The zero-order chi connectivity index (χ0) is 26.6. The van der Waals surface area contributed by atoms with Crippen molar-refractivity contribution in [2.24, 2.45) is 0 Å². The highest BCUT2D eigenvalue weighted by atomic mass is 16.6. The zero-order valence-electron chi connectivity index (χ0n) is 22.2. The summed E-state index contributed by atoms with van der Waals surface area (Å²) in [6, 6.07) is 17.4. The molecule has 1 saturated heterocycles. The van der Waals surface area contributed by atoms with E-state index in [1.54, 1.807) is 0 Å². The summed E-state index contributed by atoms with van der Waals surface area (Å²) in [5.41, 5.74) is 3.25. The molecule has 196 valence electrons. The predicted octanol–water partition coefficient (Wildman–Crippen LogP) is 5.63. The van der Waals surface area contributed by atoms with Gasteiger partial charge in [0.1, 0.15) is 18.0 Å². The minimum Gasteiger partial charge on any atom is -0.445 e. The molecule has 1 fully saturated rings. The van der Waals surface area contributed by atoms with Crippen molar-refractivity contribution >= 4 is 28.9 Å². The van der Waals surface area contributed by atoms with E-state index in [1.807, 2.05) is 83.1 Å². The van der Waals surface area contributed by atoms with E-state index in [-0.39, 0.29) is 18.7 Å². The van der Waals surface area contributed by atoms with Crippen LogP contribution in [0, 0.1) is 6.92 Å². The van der Waals surface area contributed by atoms with Gasteiger partial charge >= 0.3 is 12.2 Å². The van der Waals surface area contributed by atoms with Gasteiger partial charge in [-0.05, 0) is 58.2 Å². The normalized spacial score (nSPS) is 16.4. The second-order valence-corrected chi connectivity index (χ2v) is 10.6. The number of benzene rings is 2. The van der Waals surface area contributed by atoms with Crippen molar-refractivity contribution in [3.05, 3.63) is 71.3 Å². The number of carbonyl (C=O) groups excluding carboxylic acids is 2. The van der Waals surface area contributed by atoms with Crippen LogP contribution in [-0.4, -0.2) is 41.9 Å². The summed E-state index contributed by atoms with van der Waals surface area (Å²) in [6.07, 6.45) is -0.142.